The summed E-state index contributed by atoms with van der Waals surface area (Å²) in [5, 5.41) is 6.72. The number of halogens is 1. The van der Waals surface area contributed by atoms with Gasteiger partial charge < -0.3 is 14.8 Å². The molecule has 0 aliphatic carbocycles. The van der Waals surface area contributed by atoms with Crippen molar-refractivity contribution < 1.29 is 28.7 Å². The summed E-state index contributed by atoms with van der Waals surface area (Å²) in [5.41, 5.74) is 0.699. The van der Waals surface area contributed by atoms with Gasteiger partial charge in [0.1, 0.15) is 5.57 Å². The lowest BCUT2D eigenvalue weighted by atomic mass is 10.1. The summed E-state index contributed by atoms with van der Waals surface area (Å²) in [4.78, 5) is 46.9. The van der Waals surface area contributed by atoms with Gasteiger partial charge in [-0.15, -0.1) is 0 Å². The zero-order valence-electron chi connectivity index (χ0n) is 15.7. The average Bonchev–Trinajstić information content (AvgIpc) is 2.70. The van der Waals surface area contributed by atoms with Crippen LogP contribution in [-0.2, 0) is 14.4 Å². The number of barbiturate groups is 1. The molecule has 3 N–H and O–H groups in total. The van der Waals surface area contributed by atoms with E-state index in [-0.39, 0.29) is 28.7 Å². The van der Waals surface area contributed by atoms with Crippen LogP contribution >= 0.6 is 11.6 Å². The van der Waals surface area contributed by atoms with Crippen LogP contribution in [0.5, 0.6) is 11.5 Å². The Morgan fingerprint density at radius 3 is 2.40 bits per heavy atom. The van der Waals surface area contributed by atoms with Crippen molar-refractivity contribution in [1.82, 2.24) is 10.6 Å². The number of anilines is 1. The molecule has 0 bridgehead atoms. The van der Waals surface area contributed by atoms with E-state index >= 15 is 0 Å². The number of carbonyl (C=O) groups excluding carboxylic acids is 4. The van der Waals surface area contributed by atoms with Crippen molar-refractivity contribution >= 4 is 47.1 Å². The summed E-state index contributed by atoms with van der Waals surface area (Å²) in [6.45, 7) is -0.321. The minimum Gasteiger partial charge on any atom is -0.493 e. The zero-order chi connectivity index (χ0) is 21.7. The number of para-hydroxylation sites is 1. The summed E-state index contributed by atoms with van der Waals surface area (Å²) >= 11 is 6.25. The van der Waals surface area contributed by atoms with Gasteiger partial charge in [-0.05, 0) is 35.9 Å². The maximum atomic E-state index is 12.1. The van der Waals surface area contributed by atoms with Crippen molar-refractivity contribution in [3.63, 3.8) is 0 Å². The van der Waals surface area contributed by atoms with Gasteiger partial charge in [-0.3, -0.25) is 25.0 Å². The first-order valence-electron chi connectivity index (χ1n) is 8.61. The lowest BCUT2D eigenvalue weighted by Gasteiger charge is -2.15. The van der Waals surface area contributed by atoms with Crippen LogP contribution in [-0.4, -0.2) is 37.5 Å². The molecule has 1 heterocycles. The molecule has 1 saturated heterocycles. The van der Waals surface area contributed by atoms with Gasteiger partial charge in [-0.2, -0.15) is 0 Å². The maximum Gasteiger partial charge on any atom is 0.328 e. The summed E-state index contributed by atoms with van der Waals surface area (Å²) in [6.07, 6.45) is 1.25. The van der Waals surface area contributed by atoms with Gasteiger partial charge in [-0.1, -0.05) is 29.8 Å². The van der Waals surface area contributed by atoms with Crippen LogP contribution in [0.2, 0.25) is 5.02 Å². The van der Waals surface area contributed by atoms with Crippen molar-refractivity contribution in [3.8, 4) is 11.5 Å². The molecule has 1 fully saturated rings. The van der Waals surface area contributed by atoms with Crippen LogP contribution in [0.1, 0.15) is 5.56 Å². The van der Waals surface area contributed by atoms with Crippen LogP contribution in [0.3, 0.4) is 0 Å². The SMILES string of the molecule is COc1cc(C=C2C(=O)NC(=O)NC2=O)cc(Cl)c1OCC(=O)Nc1ccccc1. The van der Waals surface area contributed by atoms with E-state index in [2.05, 4.69) is 5.32 Å². The fourth-order valence-electron chi connectivity index (χ4n) is 2.59. The molecule has 154 valence electrons. The number of hydrogen-bond acceptors (Lipinski definition) is 6. The number of ether oxygens (including phenoxy) is 2. The molecule has 1 aliphatic rings. The van der Waals surface area contributed by atoms with E-state index in [1.807, 2.05) is 16.7 Å². The molecule has 2 aromatic rings. The van der Waals surface area contributed by atoms with E-state index in [1.165, 1.54) is 25.3 Å². The molecule has 0 radical (unpaired) electrons. The monoisotopic (exact) mass is 429 g/mol. The number of methoxy groups -OCH3 is 1. The quantitative estimate of drug-likeness (QED) is 0.477. The molecule has 5 amide bonds. The molecule has 10 heteroatoms. The van der Waals surface area contributed by atoms with Crippen molar-refractivity contribution in [2.24, 2.45) is 0 Å². The Kier molecular flexibility index (Phi) is 6.33. The van der Waals surface area contributed by atoms with Gasteiger partial charge in [0, 0.05) is 5.69 Å². The number of imide groups is 2. The first kappa shape index (κ1) is 20.9. The lowest BCUT2D eigenvalue weighted by Crippen LogP contribution is -2.51. The number of amides is 5. The van der Waals surface area contributed by atoms with Gasteiger partial charge in [0.05, 0.1) is 12.1 Å². The number of benzene rings is 2. The zero-order valence-corrected chi connectivity index (χ0v) is 16.4. The van der Waals surface area contributed by atoms with Crippen molar-refractivity contribution in [1.29, 1.82) is 0 Å². The van der Waals surface area contributed by atoms with Gasteiger partial charge in [0.25, 0.3) is 17.7 Å². The van der Waals surface area contributed by atoms with Gasteiger partial charge in [0.2, 0.25) is 0 Å². The second-order valence-electron chi connectivity index (χ2n) is 6.03. The number of rotatable bonds is 6. The number of nitrogens with one attached hydrogen (secondary N) is 3. The second-order valence-corrected chi connectivity index (χ2v) is 6.44. The predicted octanol–water partition coefficient (Wildman–Crippen LogP) is 2.12. The maximum absolute atomic E-state index is 12.1. The van der Waals surface area contributed by atoms with E-state index < -0.39 is 23.8 Å². The van der Waals surface area contributed by atoms with Crippen LogP contribution in [0.25, 0.3) is 6.08 Å². The molecule has 0 unspecified atom stereocenters. The molecule has 2 aromatic carbocycles. The average molecular weight is 430 g/mol. The number of carbonyl (C=O) groups is 4. The highest BCUT2D eigenvalue weighted by Gasteiger charge is 2.28. The predicted molar refractivity (Wildman–Crippen MR) is 108 cm³/mol. The third-order valence-corrected chi connectivity index (χ3v) is 4.19. The Morgan fingerprint density at radius 1 is 1.10 bits per heavy atom. The van der Waals surface area contributed by atoms with E-state index in [0.29, 0.717) is 11.3 Å². The highest BCUT2D eigenvalue weighted by atomic mass is 35.5. The summed E-state index contributed by atoms with van der Waals surface area (Å²) in [5.74, 6) is -1.76. The Balaban J connectivity index is 1.76. The van der Waals surface area contributed by atoms with E-state index in [9.17, 15) is 19.2 Å². The van der Waals surface area contributed by atoms with E-state index in [1.54, 1.807) is 24.3 Å². The summed E-state index contributed by atoms with van der Waals surface area (Å²) in [6, 6.07) is 10.9. The molecular weight excluding hydrogens is 414 g/mol. The van der Waals surface area contributed by atoms with Crippen LogP contribution < -0.4 is 25.4 Å². The Morgan fingerprint density at radius 2 is 1.77 bits per heavy atom. The lowest BCUT2D eigenvalue weighted by molar-refractivity contribution is -0.124. The molecule has 3 rings (SSSR count). The first-order chi connectivity index (χ1) is 14.4. The fraction of sp³-hybridized carbons (Fsp3) is 0.100. The third-order valence-electron chi connectivity index (χ3n) is 3.91. The van der Waals surface area contributed by atoms with Gasteiger partial charge in [-0.25, -0.2) is 4.79 Å². The van der Waals surface area contributed by atoms with Crippen LogP contribution in [0, 0.1) is 0 Å². The number of hydrogen-bond donors (Lipinski definition) is 3. The van der Waals surface area contributed by atoms with Crippen molar-refractivity contribution in [2.45, 2.75) is 0 Å². The molecule has 30 heavy (non-hydrogen) atoms. The normalized spacial score (nSPS) is 13.3. The summed E-state index contributed by atoms with van der Waals surface area (Å²) in [7, 11) is 1.37. The van der Waals surface area contributed by atoms with Gasteiger partial charge >= 0.3 is 6.03 Å². The van der Waals surface area contributed by atoms with Crippen LogP contribution in [0.4, 0.5) is 10.5 Å². The molecule has 0 saturated carbocycles. The summed E-state index contributed by atoms with van der Waals surface area (Å²) < 4.78 is 10.8. The molecular formula is C20H16ClN3O6. The topological polar surface area (TPSA) is 123 Å². The smallest absolute Gasteiger partial charge is 0.328 e. The molecule has 0 spiro atoms. The second kappa shape index (κ2) is 9.10. The molecule has 9 nitrogen and oxygen atoms in total. The highest BCUT2D eigenvalue weighted by molar-refractivity contribution is 6.33. The highest BCUT2D eigenvalue weighted by Crippen LogP contribution is 2.37. The van der Waals surface area contributed by atoms with Crippen LogP contribution in [0.15, 0.2) is 48.0 Å². The van der Waals surface area contributed by atoms with Gasteiger partial charge in [0.15, 0.2) is 18.1 Å². The third kappa shape index (κ3) is 4.95. The Bertz CT molecular complexity index is 1030. The number of urea groups is 1. The fourth-order valence-corrected chi connectivity index (χ4v) is 2.87. The molecule has 1 aliphatic heterocycles. The van der Waals surface area contributed by atoms with Crippen molar-refractivity contribution in [3.05, 3.63) is 58.6 Å². The minimum atomic E-state index is -0.893. The van der Waals surface area contributed by atoms with E-state index in [0.717, 1.165) is 0 Å². The molecule has 0 atom stereocenters. The standard InChI is InChI=1S/C20H16ClN3O6/c1-29-15-9-11(7-13-18(26)23-20(28)24-19(13)27)8-14(21)17(15)30-10-16(25)22-12-5-3-2-4-6-12/h2-9H,10H2,1H3,(H,22,25)(H2,23,24,26,27,28). The molecule has 0 aromatic heterocycles. The Labute approximate surface area is 176 Å². The Hall–Kier alpha value is -3.85. The largest absolute Gasteiger partial charge is 0.493 e. The van der Waals surface area contributed by atoms with E-state index in [4.69, 9.17) is 21.1 Å². The van der Waals surface area contributed by atoms with Crippen molar-refractivity contribution in [2.75, 3.05) is 19.0 Å². The first-order valence-corrected chi connectivity index (χ1v) is 8.98. The minimum absolute atomic E-state index is 0.0985.